The fourth-order valence-corrected chi connectivity index (χ4v) is 3.43. The van der Waals surface area contributed by atoms with E-state index in [1.807, 2.05) is 46.7 Å². The van der Waals surface area contributed by atoms with Crippen LogP contribution in [0.1, 0.15) is 23.3 Å². The number of carbonyl (C=O) groups excluding carboxylic acids is 2. The molecule has 26 heavy (non-hydrogen) atoms. The maximum Gasteiger partial charge on any atom is 0.321 e. The number of benzene rings is 1. The van der Waals surface area contributed by atoms with Gasteiger partial charge in [0.2, 0.25) is 5.91 Å². The van der Waals surface area contributed by atoms with Crippen LogP contribution in [0.3, 0.4) is 0 Å². The van der Waals surface area contributed by atoms with E-state index >= 15 is 0 Å². The minimum Gasteiger partial charge on any atom is -0.496 e. The van der Waals surface area contributed by atoms with E-state index in [9.17, 15) is 9.59 Å². The predicted molar refractivity (Wildman–Crippen MR) is 101 cm³/mol. The second-order valence-corrected chi connectivity index (χ2v) is 7.36. The molecule has 2 N–H and O–H groups in total. The molecule has 0 spiro atoms. The monoisotopic (exact) mass is 373 g/mol. The smallest absolute Gasteiger partial charge is 0.321 e. The third-order valence-corrected chi connectivity index (χ3v) is 4.94. The van der Waals surface area contributed by atoms with E-state index in [0.717, 1.165) is 29.0 Å². The van der Waals surface area contributed by atoms with Crippen LogP contribution >= 0.6 is 11.3 Å². The molecule has 1 aliphatic rings. The Kier molecular flexibility index (Phi) is 6.25. The largest absolute Gasteiger partial charge is 0.496 e. The molecule has 1 saturated carbocycles. The first-order valence-electron chi connectivity index (χ1n) is 8.61. The number of imide groups is 1. The van der Waals surface area contributed by atoms with Crippen molar-refractivity contribution >= 4 is 23.3 Å². The van der Waals surface area contributed by atoms with Crippen molar-refractivity contribution in [2.75, 3.05) is 13.7 Å². The molecule has 0 unspecified atom stereocenters. The van der Waals surface area contributed by atoms with Crippen LogP contribution in [0.2, 0.25) is 0 Å². The molecule has 1 aliphatic carbocycles. The number of methoxy groups -OCH3 is 1. The molecule has 0 atom stereocenters. The minimum atomic E-state index is -0.411. The fourth-order valence-electron chi connectivity index (χ4n) is 2.68. The summed E-state index contributed by atoms with van der Waals surface area (Å²) in [7, 11) is 1.64. The summed E-state index contributed by atoms with van der Waals surface area (Å²) in [5.41, 5.74) is 1.00. The van der Waals surface area contributed by atoms with E-state index in [1.165, 1.54) is 0 Å². The summed E-state index contributed by atoms with van der Waals surface area (Å²) in [5.74, 6) is 0.477. The van der Waals surface area contributed by atoms with Gasteiger partial charge >= 0.3 is 6.03 Å². The number of carbonyl (C=O) groups is 2. The molecule has 1 heterocycles. The highest BCUT2D eigenvalue weighted by Gasteiger charge is 2.24. The molecule has 0 saturated heterocycles. The lowest BCUT2D eigenvalue weighted by Crippen LogP contribution is -2.44. The zero-order valence-electron chi connectivity index (χ0n) is 14.7. The molecule has 1 fully saturated rings. The second-order valence-electron chi connectivity index (χ2n) is 6.33. The highest BCUT2D eigenvalue weighted by atomic mass is 32.1. The van der Waals surface area contributed by atoms with Gasteiger partial charge in [-0.3, -0.25) is 15.0 Å². The standard InChI is InChI=1S/C19H23N3O3S/c1-25-17-7-3-2-5-14(17)11-22(12-16-6-4-10-26-16)13-18(23)21-19(24)20-15-8-9-15/h2-7,10,15H,8-9,11-13H2,1H3,(H2,20,21,23,24). The summed E-state index contributed by atoms with van der Waals surface area (Å²) in [6.07, 6.45) is 1.97. The summed E-state index contributed by atoms with van der Waals surface area (Å²) >= 11 is 1.65. The van der Waals surface area contributed by atoms with E-state index in [-0.39, 0.29) is 18.5 Å². The van der Waals surface area contributed by atoms with E-state index in [0.29, 0.717) is 13.1 Å². The quantitative estimate of drug-likeness (QED) is 0.746. The number of thiophene rings is 1. The van der Waals surface area contributed by atoms with E-state index in [4.69, 9.17) is 4.74 Å². The lowest BCUT2D eigenvalue weighted by Gasteiger charge is -2.22. The summed E-state index contributed by atoms with van der Waals surface area (Å²) in [6, 6.07) is 11.6. The van der Waals surface area contributed by atoms with Crippen LogP contribution in [-0.2, 0) is 17.9 Å². The Balaban J connectivity index is 1.64. The number of hydrogen-bond donors (Lipinski definition) is 2. The third-order valence-electron chi connectivity index (χ3n) is 4.08. The Morgan fingerprint density at radius 2 is 2.00 bits per heavy atom. The topological polar surface area (TPSA) is 70.7 Å². The Morgan fingerprint density at radius 3 is 2.69 bits per heavy atom. The van der Waals surface area contributed by atoms with Crippen molar-refractivity contribution < 1.29 is 14.3 Å². The third kappa shape index (κ3) is 5.57. The van der Waals surface area contributed by atoms with Crippen molar-refractivity contribution in [3.05, 3.63) is 52.2 Å². The van der Waals surface area contributed by atoms with Gasteiger partial charge in [0.15, 0.2) is 0 Å². The number of amides is 3. The van der Waals surface area contributed by atoms with E-state index in [1.54, 1.807) is 18.4 Å². The highest BCUT2D eigenvalue weighted by molar-refractivity contribution is 7.09. The Bertz CT molecular complexity index is 744. The molecular formula is C19H23N3O3S. The molecule has 0 aliphatic heterocycles. The summed E-state index contributed by atoms with van der Waals surface area (Å²) in [6.45, 7) is 1.32. The lowest BCUT2D eigenvalue weighted by molar-refractivity contribution is -0.121. The zero-order valence-corrected chi connectivity index (χ0v) is 15.6. The van der Waals surface area contributed by atoms with Crippen LogP contribution in [0.4, 0.5) is 4.79 Å². The van der Waals surface area contributed by atoms with Crippen LogP contribution in [0.15, 0.2) is 41.8 Å². The zero-order chi connectivity index (χ0) is 18.4. The number of rotatable bonds is 8. The molecule has 0 bridgehead atoms. The van der Waals surface area contributed by atoms with Gasteiger partial charge in [-0.2, -0.15) is 0 Å². The van der Waals surface area contributed by atoms with Gasteiger partial charge in [-0.1, -0.05) is 24.3 Å². The Labute approximate surface area is 157 Å². The number of ether oxygens (including phenoxy) is 1. The van der Waals surface area contributed by atoms with Gasteiger partial charge in [-0.25, -0.2) is 4.79 Å². The highest BCUT2D eigenvalue weighted by Crippen LogP contribution is 2.21. The number of urea groups is 1. The van der Waals surface area contributed by atoms with Gasteiger partial charge in [0.25, 0.3) is 0 Å². The molecule has 3 amide bonds. The molecule has 6 nitrogen and oxygen atoms in total. The molecule has 1 aromatic carbocycles. The normalized spacial score (nSPS) is 13.5. The van der Waals surface area contributed by atoms with Crippen LogP contribution in [0.25, 0.3) is 0 Å². The van der Waals surface area contributed by atoms with Crippen LogP contribution in [-0.4, -0.2) is 36.5 Å². The van der Waals surface area contributed by atoms with Crippen LogP contribution in [0, 0.1) is 0 Å². The van der Waals surface area contributed by atoms with Gasteiger partial charge in [0, 0.05) is 29.6 Å². The molecule has 1 aromatic heterocycles. The summed E-state index contributed by atoms with van der Waals surface area (Å²) < 4.78 is 5.41. The first-order chi connectivity index (χ1) is 12.6. The Morgan fingerprint density at radius 1 is 1.19 bits per heavy atom. The van der Waals surface area contributed by atoms with E-state index in [2.05, 4.69) is 10.6 Å². The average molecular weight is 373 g/mol. The number of nitrogens with zero attached hydrogens (tertiary/aromatic N) is 1. The van der Waals surface area contributed by atoms with Gasteiger partial charge in [-0.15, -0.1) is 11.3 Å². The first-order valence-corrected chi connectivity index (χ1v) is 9.49. The maximum atomic E-state index is 12.3. The molecular weight excluding hydrogens is 350 g/mol. The van der Waals surface area contributed by atoms with Crippen molar-refractivity contribution in [3.8, 4) is 5.75 Å². The molecule has 138 valence electrons. The van der Waals surface area contributed by atoms with Crippen LogP contribution < -0.4 is 15.4 Å². The van der Waals surface area contributed by atoms with Crippen molar-refractivity contribution in [3.63, 3.8) is 0 Å². The second kappa shape index (κ2) is 8.82. The summed E-state index contributed by atoms with van der Waals surface area (Å²) in [5, 5.41) is 7.20. The van der Waals surface area contributed by atoms with Crippen LogP contribution in [0.5, 0.6) is 5.75 Å². The van der Waals surface area contributed by atoms with Crippen molar-refractivity contribution in [1.82, 2.24) is 15.5 Å². The number of hydrogen-bond acceptors (Lipinski definition) is 5. The average Bonchev–Trinajstić information content (AvgIpc) is 3.27. The van der Waals surface area contributed by atoms with Gasteiger partial charge in [-0.05, 0) is 30.4 Å². The predicted octanol–water partition coefficient (Wildman–Crippen LogP) is 2.75. The Hall–Kier alpha value is -2.38. The number of para-hydroxylation sites is 1. The van der Waals surface area contributed by atoms with Gasteiger partial charge in [0.05, 0.1) is 13.7 Å². The minimum absolute atomic E-state index is 0.133. The summed E-state index contributed by atoms with van der Waals surface area (Å²) in [4.78, 5) is 27.2. The van der Waals surface area contributed by atoms with Crippen molar-refractivity contribution in [2.24, 2.45) is 0 Å². The van der Waals surface area contributed by atoms with E-state index < -0.39 is 6.03 Å². The van der Waals surface area contributed by atoms with Crippen molar-refractivity contribution in [1.29, 1.82) is 0 Å². The number of nitrogens with one attached hydrogen (secondary N) is 2. The molecule has 0 radical (unpaired) electrons. The van der Waals surface area contributed by atoms with Gasteiger partial charge < -0.3 is 10.1 Å². The molecule has 7 heteroatoms. The molecule has 3 rings (SSSR count). The molecule has 2 aromatic rings. The lowest BCUT2D eigenvalue weighted by atomic mass is 10.2. The van der Waals surface area contributed by atoms with Gasteiger partial charge in [0.1, 0.15) is 5.75 Å². The fraction of sp³-hybridized carbons (Fsp3) is 0.368. The maximum absolute atomic E-state index is 12.3. The SMILES string of the molecule is COc1ccccc1CN(CC(=O)NC(=O)NC1CC1)Cc1cccs1. The van der Waals surface area contributed by atoms with Crippen molar-refractivity contribution in [2.45, 2.75) is 32.0 Å². The first kappa shape index (κ1) is 18.4.